The number of hydrogen-bond acceptors (Lipinski definition) is 10. The van der Waals surface area contributed by atoms with Gasteiger partial charge in [0.1, 0.15) is 17.3 Å². The Kier molecular flexibility index (Phi) is 9.12. The van der Waals surface area contributed by atoms with Crippen LogP contribution in [0.5, 0.6) is 0 Å². The van der Waals surface area contributed by atoms with Gasteiger partial charge in [0, 0.05) is 12.6 Å². The third kappa shape index (κ3) is 6.52. The van der Waals surface area contributed by atoms with E-state index in [9.17, 15) is 29.1 Å². The highest BCUT2D eigenvalue weighted by atomic mass is 16.8. The first kappa shape index (κ1) is 30.9. The average molecular weight is 580 g/mol. The number of hydrogen-bond donors (Lipinski definition) is 3. The molecule has 4 rings (SSSR count). The first-order chi connectivity index (χ1) is 19.9. The summed E-state index contributed by atoms with van der Waals surface area (Å²) in [6.45, 7) is 1.84. The smallest absolute Gasteiger partial charge is 0.499 e. The predicted octanol–water partition coefficient (Wildman–Crippen LogP) is 1.94. The van der Waals surface area contributed by atoms with Crippen LogP contribution >= 0.6 is 0 Å². The van der Waals surface area contributed by atoms with E-state index in [0.717, 1.165) is 5.56 Å². The molecule has 1 unspecified atom stereocenters. The van der Waals surface area contributed by atoms with Crippen LogP contribution in [-0.4, -0.2) is 71.2 Å². The van der Waals surface area contributed by atoms with Crippen molar-refractivity contribution in [2.24, 2.45) is 5.92 Å². The van der Waals surface area contributed by atoms with Crippen LogP contribution in [0.2, 0.25) is 5.82 Å². The number of aliphatic hydroxyl groups is 1. The molecule has 2 aromatic rings. The fraction of sp³-hybridized carbons (Fsp3) is 0.448. The number of pyridine rings is 1. The summed E-state index contributed by atoms with van der Waals surface area (Å²) < 4.78 is 17.1. The molecule has 1 aromatic heterocycles. The highest BCUT2D eigenvalue weighted by Gasteiger charge is 2.61. The van der Waals surface area contributed by atoms with Gasteiger partial charge in [-0.25, -0.2) is 4.98 Å². The number of carbonyl (C=O) groups is 5. The van der Waals surface area contributed by atoms with Crippen LogP contribution in [0.4, 0.5) is 0 Å². The molecule has 1 aromatic carbocycles. The Morgan fingerprint density at radius 2 is 1.64 bits per heavy atom. The van der Waals surface area contributed by atoms with E-state index in [1.165, 1.54) is 20.0 Å². The van der Waals surface area contributed by atoms with Gasteiger partial charge >= 0.3 is 6.75 Å². The average Bonchev–Trinajstić information content (AvgIpc) is 2.94. The van der Waals surface area contributed by atoms with Crippen molar-refractivity contribution in [1.29, 1.82) is 0 Å². The minimum Gasteiger partial charge on any atom is -0.633 e. The molecule has 2 fully saturated rings. The van der Waals surface area contributed by atoms with Gasteiger partial charge in [0.05, 0.1) is 24.6 Å². The molecule has 13 heteroatoms. The van der Waals surface area contributed by atoms with Gasteiger partial charge in [0.25, 0.3) is 17.8 Å². The van der Waals surface area contributed by atoms with Gasteiger partial charge in [0.2, 0.25) is 5.91 Å². The quantitative estimate of drug-likeness (QED) is 0.334. The Balaban J connectivity index is 1.59. The molecule has 224 valence electrons. The first-order valence-corrected chi connectivity index (χ1v) is 13.9. The standard InChI is InChI=1S/C29H35BN3O9/c1-17(2)13-20(30-40-24(36)15-29(42-30,28(39)31-4)16-25(37)41-30)14-23(35)26(18(3)34)33-27(38)22-12-8-11-21(32-22)19-9-6-5-7-10-19/h5-12,17-18,20,26,34H,13-16H2,1-4H3,(H,31,39)(H,33,38)/q-1/t18-,20?,26+,29?,30?/m1/s1. The summed E-state index contributed by atoms with van der Waals surface area (Å²) in [4.78, 5) is 69.5. The molecule has 0 spiro atoms. The number of aromatic nitrogens is 1. The molecular weight excluding hydrogens is 545 g/mol. The normalized spacial score (nSPS) is 23.7. The van der Waals surface area contributed by atoms with E-state index in [1.807, 2.05) is 44.2 Å². The minimum absolute atomic E-state index is 0.0393. The lowest BCUT2D eigenvalue weighted by molar-refractivity contribution is -0.186. The molecular formula is C29H35BN3O9-. The molecule has 3 heterocycles. The van der Waals surface area contributed by atoms with Crippen molar-refractivity contribution in [3.05, 3.63) is 54.2 Å². The molecule has 2 bridgehead atoms. The SMILES string of the molecule is CNC(=O)C12CC(=O)O[B-](C(CC(=O)[C@@H](NC(=O)c3cccc(-c4ccccc4)n3)[C@@H](C)O)CC(C)C)(OC(=O)C1)O2. The summed E-state index contributed by atoms with van der Waals surface area (Å²) in [5.74, 6) is -4.66. The third-order valence-electron chi connectivity index (χ3n) is 7.46. The Labute approximate surface area is 243 Å². The van der Waals surface area contributed by atoms with E-state index < -0.39 is 79.1 Å². The molecule has 12 nitrogen and oxygen atoms in total. The van der Waals surface area contributed by atoms with E-state index in [-0.39, 0.29) is 18.0 Å². The highest BCUT2D eigenvalue weighted by molar-refractivity contribution is 6.67. The lowest BCUT2D eigenvalue weighted by Gasteiger charge is -2.58. The van der Waals surface area contributed by atoms with Gasteiger partial charge in [-0.2, -0.15) is 0 Å². The van der Waals surface area contributed by atoms with Gasteiger partial charge in [-0.05, 0) is 31.4 Å². The van der Waals surface area contributed by atoms with Gasteiger partial charge in [-0.15, -0.1) is 0 Å². The van der Waals surface area contributed by atoms with Crippen molar-refractivity contribution in [3.8, 4) is 11.3 Å². The molecule has 2 amide bonds. The molecule has 0 saturated carbocycles. The van der Waals surface area contributed by atoms with Crippen molar-refractivity contribution >= 4 is 36.3 Å². The number of nitrogens with one attached hydrogen (secondary N) is 2. The van der Waals surface area contributed by atoms with E-state index in [1.54, 1.807) is 12.1 Å². The number of ketones is 1. The number of carbonyl (C=O) groups excluding carboxylic acids is 5. The molecule has 3 N–H and O–H groups in total. The number of likely N-dealkylation sites (N-methyl/N-ethyl adjacent to an activating group) is 1. The summed E-state index contributed by atoms with van der Waals surface area (Å²) in [5, 5.41) is 15.5. The Morgan fingerprint density at radius 1 is 1.00 bits per heavy atom. The Hall–Kier alpha value is -4.10. The number of Topliss-reactive ketones (excluding diaryl/α,β-unsaturated/α-hetero) is 1. The first-order valence-electron chi connectivity index (χ1n) is 13.9. The van der Waals surface area contributed by atoms with Gasteiger partial charge < -0.3 is 29.7 Å². The maximum Gasteiger partial charge on any atom is 0.499 e. The van der Waals surface area contributed by atoms with Gasteiger partial charge in [0.15, 0.2) is 5.78 Å². The largest absolute Gasteiger partial charge is 0.633 e. The fourth-order valence-electron chi connectivity index (χ4n) is 5.58. The summed E-state index contributed by atoms with van der Waals surface area (Å²) in [7, 11) is 1.35. The van der Waals surface area contributed by atoms with Crippen LogP contribution in [-0.2, 0) is 33.1 Å². The molecule has 3 atom stereocenters. The zero-order valence-electron chi connectivity index (χ0n) is 24.0. The number of fused-ring (bicyclic) bond motifs is 2. The molecule has 0 aliphatic carbocycles. The number of amides is 2. The fourth-order valence-corrected chi connectivity index (χ4v) is 5.58. The predicted molar refractivity (Wildman–Crippen MR) is 150 cm³/mol. The van der Waals surface area contributed by atoms with E-state index >= 15 is 0 Å². The highest BCUT2D eigenvalue weighted by Crippen LogP contribution is 2.46. The second-order valence-corrected chi connectivity index (χ2v) is 11.2. The second kappa shape index (κ2) is 12.4. The van der Waals surface area contributed by atoms with Crippen LogP contribution in [0.3, 0.4) is 0 Å². The van der Waals surface area contributed by atoms with Crippen LogP contribution in [0, 0.1) is 5.92 Å². The summed E-state index contributed by atoms with van der Waals surface area (Å²) in [5.41, 5.74) is -0.440. The zero-order chi connectivity index (χ0) is 30.7. The Bertz CT molecular complexity index is 1350. The molecule has 2 aliphatic heterocycles. The molecule has 2 saturated heterocycles. The monoisotopic (exact) mass is 580 g/mol. The van der Waals surface area contributed by atoms with Crippen molar-refractivity contribution in [2.75, 3.05) is 7.05 Å². The van der Waals surface area contributed by atoms with Crippen LogP contribution in [0.25, 0.3) is 11.3 Å². The van der Waals surface area contributed by atoms with Crippen LogP contribution in [0.1, 0.15) is 56.9 Å². The molecule has 42 heavy (non-hydrogen) atoms. The van der Waals surface area contributed by atoms with E-state index in [0.29, 0.717) is 5.69 Å². The maximum absolute atomic E-state index is 13.7. The number of nitrogens with zero attached hydrogens (tertiary/aromatic N) is 1. The summed E-state index contributed by atoms with van der Waals surface area (Å²) in [6, 6.07) is 12.8. The minimum atomic E-state index is -3.21. The van der Waals surface area contributed by atoms with E-state index in [4.69, 9.17) is 14.0 Å². The second-order valence-electron chi connectivity index (χ2n) is 11.2. The summed E-state index contributed by atoms with van der Waals surface area (Å²) >= 11 is 0. The van der Waals surface area contributed by atoms with Gasteiger partial charge in [-0.1, -0.05) is 62.5 Å². The molecule has 0 radical (unpaired) electrons. The maximum atomic E-state index is 13.7. The zero-order valence-corrected chi connectivity index (χ0v) is 24.0. The van der Waals surface area contributed by atoms with Crippen molar-refractivity contribution in [3.63, 3.8) is 0 Å². The number of rotatable bonds is 11. The topological polar surface area (TPSA) is 170 Å². The lowest BCUT2D eigenvalue weighted by atomic mass is 9.55. The Morgan fingerprint density at radius 3 is 2.21 bits per heavy atom. The van der Waals surface area contributed by atoms with Crippen LogP contribution < -0.4 is 10.6 Å². The third-order valence-corrected chi connectivity index (χ3v) is 7.46. The number of benzene rings is 1. The number of aliphatic hydroxyl groups excluding tert-OH is 1. The van der Waals surface area contributed by atoms with E-state index in [2.05, 4.69) is 15.6 Å². The van der Waals surface area contributed by atoms with Gasteiger partial charge in [-0.3, -0.25) is 24.0 Å². The summed E-state index contributed by atoms with van der Waals surface area (Å²) in [6.07, 6.45) is -2.48. The van der Waals surface area contributed by atoms with Crippen molar-refractivity contribution in [1.82, 2.24) is 15.6 Å². The van der Waals surface area contributed by atoms with Crippen molar-refractivity contribution in [2.45, 2.75) is 70.0 Å². The molecule has 2 aliphatic rings. The lowest BCUT2D eigenvalue weighted by Crippen LogP contribution is -2.70. The van der Waals surface area contributed by atoms with Crippen LogP contribution in [0.15, 0.2) is 48.5 Å². The van der Waals surface area contributed by atoms with Crippen molar-refractivity contribution < 1.29 is 43.0 Å².